The fourth-order valence-electron chi connectivity index (χ4n) is 2.37. The molecule has 7 heteroatoms. The molecule has 1 N–H and O–H groups in total. The molecule has 0 bridgehead atoms. The highest BCUT2D eigenvalue weighted by Crippen LogP contribution is 2.21. The molecule has 0 aliphatic carbocycles. The van der Waals surface area contributed by atoms with Crippen LogP contribution in [0, 0.1) is 0 Å². The first-order chi connectivity index (χ1) is 9.52. The molecule has 1 aromatic heterocycles. The highest BCUT2D eigenvalue weighted by atomic mass is 32.2. The van der Waals surface area contributed by atoms with Gasteiger partial charge < -0.3 is 10.2 Å². The highest BCUT2D eigenvalue weighted by molar-refractivity contribution is 7.88. The molecule has 0 atom stereocenters. The third kappa shape index (κ3) is 3.68. The normalized spacial score (nSPS) is 17.4. The van der Waals surface area contributed by atoms with E-state index in [4.69, 9.17) is 0 Å². The molecule has 0 unspecified atom stereocenters. The van der Waals surface area contributed by atoms with E-state index < -0.39 is 10.0 Å². The number of anilines is 1. The number of pyridine rings is 1. The SMILES string of the molecule is CCNCc1ccncc1N1CCN(S(C)(=O)=O)CC1. The largest absolute Gasteiger partial charge is 0.367 e. The van der Waals surface area contributed by atoms with Crippen molar-refractivity contribution < 1.29 is 8.42 Å². The first-order valence-corrected chi connectivity index (χ1v) is 8.71. The van der Waals surface area contributed by atoms with E-state index in [0.29, 0.717) is 26.2 Å². The predicted octanol–water partition coefficient (Wildman–Crippen LogP) is 0.273. The van der Waals surface area contributed by atoms with Crippen molar-refractivity contribution in [3.8, 4) is 0 Å². The number of nitrogens with one attached hydrogen (secondary N) is 1. The molecule has 1 fully saturated rings. The van der Waals surface area contributed by atoms with Crippen LogP contribution in [-0.2, 0) is 16.6 Å². The van der Waals surface area contributed by atoms with Crippen molar-refractivity contribution in [3.05, 3.63) is 24.0 Å². The Hall–Kier alpha value is -1.18. The lowest BCUT2D eigenvalue weighted by molar-refractivity contribution is 0.387. The fraction of sp³-hybridized carbons (Fsp3) is 0.615. The average molecular weight is 298 g/mol. The number of nitrogens with zero attached hydrogens (tertiary/aromatic N) is 3. The Morgan fingerprint density at radius 2 is 2.00 bits per heavy atom. The van der Waals surface area contributed by atoms with Crippen molar-refractivity contribution >= 4 is 15.7 Å². The van der Waals surface area contributed by atoms with Crippen LogP contribution in [-0.4, -0.2) is 56.7 Å². The van der Waals surface area contributed by atoms with Gasteiger partial charge in [-0.1, -0.05) is 6.92 Å². The maximum atomic E-state index is 11.5. The van der Waals surface area contributed by atoms with Crippen molar-refractivity contribution in [1.29, 1.82) is 0 Å². The molecule has 0 saturated carbocycles. The zero-order valence-electron chi connectivity index (χ0n) is 12.0. The molecule has 112 valence electrons. The summed E-state index contributed by atoms with van der Waals surface area (Å²) in [5.74, 6) is 0. The van der Waals surface area contributed by atoms with Gasteiger partial charge >= 0.3 is 0 Å². The van der Waals surface area contributed by atoms with Crippen molar-refractivity contribution in [1.82, 2.24) is 14.6 Å². The summed E-state index contributed by atoms with van der Waals surface area (Å²) in [5.41, 5.74) is 2.30. The molecule has 0 aromatic carbocycles. The van der Waals surface area contributed by atoms with Gasteiger partial charge in [-0.25, -0.2) is 8.42 Å². The molecule has 1 aliphatic heterocycles. The van der Waals surface area contributed by atoms with Gasteiger partial charge in [0.15, 0.2) is 0 Å². The second-order valence-corrected chi connectivity index (χ2v) is 6.92. The summed E-state index contributed by atoms with van der Waals surface area (Å²) in [4.78, 5) is 6.40. The van der Waals surface area contributed by atoms with Gasteiger partial charge in [0.25, 0.3) is 0 Å². The van der Waals surface area contributed by atoms with E-state index in [9.17, 15) is 8.42 Å². The molecular formula is C13H22N4O2S. The number of hydrogen-bond donors (Lipinski definition) is 1. The molecule has 20 heavy (non-hydrogen) atoms. The van der Waals surface area contributed by atoms with Crippen LogP contribution in [0.5, 0.6) is 0 Å². The summed E-state index contributed by atoms with van der Waals surface area (Å²) in [6.45, 7) is 6.29. The van der Waals surface area contributed by atoms with Crippen LogP contribution in [0.2, 0.25) is 0 Å². The van der Waals surface area contributed by atoms with Crippen molar-refractivity contribution in [2.75, 3.05) is 43.9 Å². The quantitative estimate of drug-likeness (QED) is 0.845. The first-order valence-electron chi connectivity index (χ1n) is 6.86. The summed E-state index contributed by atoms with van der Waals surface area (Å²) in [7, 11) is -3.08. The van der Waals surface area contributed by atoms with Crippen LogP contribution in [0.1, 0.15) is 12.5 Å². The van der Waals surface area contributed by atoms with Crippen LogP contribution in [0.4, 0.5) is 5.69 Å². The van der Waals surface area contributed by atoms with Crippen LogP contribution in [0.25, 0.3) is 0 Å². The van der Waals surface area contributed by atoms with Gasteiger partial charge in [-0.05, 0) is 18.2 Å². The molecule has 0 radical (unpaired) electrons. The predicted molar refractivity (Wildman–Crippen MR) is 80.2 cm³/mol. The second kappa shape index (κ2) is 6.51. The van der Waals surface area contributed by atoms with E-state index in [0.717, 1.165) is 18.8 Å². The zero-order valence-corrected chi connectivity index (χ0v) is 12.9. The molecule has 1 aliphatic rings. The second-order valence-electron chi connectivity index (χ2n) is 4.93. The number of rotatable bonds is 5. The summed E-state index contributed by atoms with van der Waals surface area (Å²) in [6, 6.07) is 2.01. The van der Waals surface area contributed by atoms with Crippen molar-refractivity contribution in [2.45, 2.75) is 13.5 Å². The fourth-order valence-corrected chi connectivity index (χ4v) is 3.20. The summed E-state index contributed by atoms with van der Waals surface area (Å²) < 4.78 is 24.6. The highest BCUT2D eigenvalue weighted by Gasteiger charge is 2.24. The molecule has 1 aromatic rings. The van der Waals surface area contributed by atoms with Crippen LogP contribution in [0.3, 0.4) is 0 Å². The summed E-state index contributed by atoms with van der Waals surface area (Å²) >= 11 is 0. The Morgan fingerprint density at radius 1 is 1.30 bits per heavy atom. The Morgan fingerprint density at radius 3 is 2.60 bits per heavy atom. The van der Waals surface area contributed by atoms with Gasteiger partial charge in [-0.3, -0.25) is 4.98 Å². The number of piperazine rings is 1. The van der Waals surface area contributed by atoms with E-state index in [-0.39, 0.29) is 0 Å². The maximum Gasteiger partial charge on any atom is 0.211 e. The third-order valence-electron chi connectivity index (χ3n) is 3.50. The molecule has 0 amide bonds. The van der Waals surface area contributed by atoms with E-state index >= 15 is 0 Å². The average Bonchev–Trinajstić information content (AvgIpc) is 2.45. The van der Waals surface area contributed by atoms with Gasteiger partial charge in [0.2, 0.25) is 10.0 Å². The standard InChI is InChI=1S/C13H22N4O2S/c1-3-14-10-12-4-5-15-11-13(12)16-6-8-17(9-7-16)20(2,18)19/h4-5,11,14H,3,6-10H2,1-2H3. The Kier molecular flexibility index (Phi) is 4.95. The molecular weight excluding hydrogens is 276 g/mol. The molecule has 2 rings (SSSR count). The smallest absolute Gasteiger partial charge is 0.211 e. The Balaban J connectivity index is 2.07. The molecule has 0 spiro atoms. The maximum absolute atomic E-state index is 11.5. The van der Waals surface area contributed by atoms with Gasteiger partial charge in [0, 0.05) is 38.9 Å². The lowest BCUT2D eigenvalue weighted by atomic mass is 10.2. The van der Waals surface area contributed by atoms with E-state index in [1.807, 2.05) is 12.3 Å². The Bertz CT molecular complexity index is 539. The number of aromatic nitrogens is 1. The van der Waals surface area contributed by atoms with Crippen LogP contribution >= 0.6 is 0 Å². The number of hydrogen-bond acceptors (Lipinski definition) is 5. The van der Waals surface area contributed by atoms with Crippen LogP contribution < -0.4 is 10.2 Å². The number of sulfonamides is 1. The third-order valence-corrected chi connectivity index (χ3v) is 4.80. The molecule has 1 saturated heterocycles. The van der Waals surface area contributed by atoms with Gasteiger partial charge in [0.05, 0.1) is 18.1 Å². The van der Waals surface area contributed by atoms with Crippen molar-refractivity contribution in [2.24, 2.45) is 0 Å². The molecule has 6 nitrogen and oxygen atoms in total. The lowest BCUT2D eigenvalue weighted by Gasteiger charge is -2.35. The van der Waals surface area contributed by atoms with Crippen LogP contribution in [0.15, 0.2) is 18.5 Å². The summed E-state index contributed by atoms with van der Waals surface area (Å²) in [6.07, 6.45) is 4.93. The topological polar surface area (TPSA) is 65.5 Å². The lowest BCUT2D eigenvalue weighted by Crippen LogP contribution is -2.48. The summed E-state index contributed by atoms with van der Waals surface area (Å²) in [5, 5.41) is 3.32. The van der Waals surface area contributed by atoms with Gasteiger partial charge in [-0.2, -0.15) is 4.31 Å². The minimum Gasteiger partial charge on any atom is -0.367 e. The molecule has 2 heterocycles. The Labute approximate surface area is 120 Å². The monoisotopic (exact) mass is 298 g/mol. The van der Waals surface area contributed by atoms with E-state index in [2.05, 4.69) is 22.1 Å². The van der Waals surface area contributed by atoms with Gasteiger partial charge in [-0.15, -0.1) is 0 Å². The van der Waals surface area contributed by atoms with Crippen molar-refractivity contribution in [3.63, 3.8) is 0 Å². The van der Waals surface area contributed by atoms with Gasteiger partial charge in [0.1, 0.15) is 0 Å². The zero-order chi connectivity index (χ0) is 14.6. The minimum atomic E-state index is -3.08. The first kappa shape index (κ1) is 15.2. The van der Waals surface area contributed by atoms with E-state index in [1.165, 1.54) is 16.1 Å². The minimum absolute atomic E-state index is 0.536. The van der Waals surface area contributed by atoms with E-state index in [1.54, 1.807) is 6.20 Å².